The first-order chi connectivity index (χ1) is 32.8. The van der Waals surface area contributed by atoms with E-state index >= 15 is 0 Å². The van der Waals surface area contributed by atoms with Crippen LogP contribution >= 0.6 is 0 Å². The highest BCUT2D eigenvalue weighted by Gasteiger charge is 2.53. The van der Waals surface area contributed by atoms with Crippen molar-refractivity contribution < 1.29 is 89.4 Å². The minimum Gasteiger partial charge on any atom is -0.394 e. The predicted molar refractivity (Wildman–Crippen MR) is 249 cm³/mol. The molecule has 3 aliphatic heterocycles. The number of rotatable bonds is 33. The molecule has 394 valence electrons. The summed E-state index contributed by atoms with van der Waals surface area (Å²) in [5.41, 5.74) is 0. The molecule has 3 rings (SSSR count). The van der Waals surface area contributed by atoms with Gasteiger partial charge in [-0.25, -0.2) is 0 Å². The van der Waals surface area contributed by atoms with Crippen molar-refractivity contribution in [3.8, 4) is 0 Å². The maximum atomic E-state index is 13.1. The van der Waals surface area contributed by atoms with Gasteiger partial charge in [0, 0.05) is 6.42 Å². The van der Waals surface area contributed by atoms with Crippen LogP contribution < -0.4 is 5.32 Å². The molecule has 0 radical (unpaired) electrons. The molecule has 12 N–H and O–H groups in total. The molecule has 0 aromatic carbocycles. The van der Waals surface area contributed by atoms with Crippen molar-refractivity contribution in [3.63, 3.8) is 0 Å². The van der Waals surface area contributed by atoms with Crippen molar-refractivity contribution in [2.75, 3.05) is 26.4 Å². The normalized spacial score (nSPS) is 33.6. The third kappa shape index (κ3) is 20.1. The molecule has 19 nitrogen and oxygen atoms in total. The van der Waals surface area contributed by atoms with Gasteiger partial charge in [0.2, 0.25) is 5.91 Å². The van der Waals surface area contributed by atoms with Crippen LogP contribution in [-0.2, 0) is 33.2 Å². The first-order valence-electron chi connectivity index (χ1n) is 24.9. The number of allylic oxidation sites excluding steroid dienone is 7. The number of unbranched alkanes of at least 4 members (excludes halogenated alkanes) is 11. The fourth-order valence-electron chi connectivity index (χ4n) is 8.12. The molecule has 19 heteroatoms. The summed E-state index contributed by atoms with van der Waals surface area (Å²) in [5.74, 6) is -0.302. The Morgan fingerprint density at radius 3 is 1.54 bits per heavy atom. The van der Waals surface area contributed by atoms with E-state index in [0.717, 1.165) is 70.6 Å². The zero-order chi connectivity index (χ0) is 49.8. The number of hydrogen-bond donors (Lipinski definition) is 12. The summed E-state index contributed by atoms with van der Waals surface area (Å²) in [7, 11) is 0. The SMILES string of the molecule is CCCC/C=C/C(O)C(COC1OC(CO)C(OC2OC(CO)C(OC3OC(CO)C(O)C(O)C3O)C(O)C2O)C(O)C1O)NC(=O)CCCCCCCC/C=C\C/C=C\C/C=C\CCCCC. The van der Waals surface area contributed by atoms with Gasteiger partial charge in [-0.3, -0.25) is 4.79 Å². The van der Waals surface area contributed by atoms with Crippen molar-refractivity contribution in [1.82, 2.24) is 5.32 Å². The number of amides is 1. The van der Waals surface area contributed by atoms with E-state index in [2.05, 4.69) is 48.7 Å². The van der Waals surface area contributed by atoms with Crippen molar-refractivity contribution in [1.29, 1.82) is 0 Å². The van der Waals surface area contributed by atoms with Crippen LogP contribution in [-0.4, -0.2) is 193 Å². The quantitative estimate of drug-likeness (QED) is 0.0325. The summed E-state index contributed by atoms with van der Waals surface area (Å²) in [4.78, 5) is 13.1. The number of carbonyl (C=O) groups is 1. The zero-order valence-electron chi connectivity index (χ0n) is 40.1. The second-order valence-corrected chi connectivity index (χ2v) is 17.9. The summed E-state index contributed by atoms with van der Waals surface area (Å²) < 4.78 is 33.9. The monoisotopic (exact) mass is 976 g/mol. The zero-order valence-corrected chi connectivity index (χ0v) is 40.1. The fraction of sp³-hybridized carbons (Fsp3) is 0.816. The van der Waals surface area contributed by atoms with Gasteiger partial charge in [0.1, 0.15) is 73.2 Å². The highest BCUT2D eigenvalue weighted by molar-refractivity contribution is 5.76. The maximum absolute atomic E-state index is 13.1. The highest BCUT2D eigenvalue weighted by atomic mass is 16.8. The number of carbonyl (C=O) groups excluding carboxylic acids is 1. The Labute approximate surface area is 402 Å². The van der Waals surface area contributed by atoms with E-state index in [4.69, 9.17) is 28.4 Å². The molecule has 0 aromatic heterocycles. The van der Waals surface area contributed by atoms with Crippen molar-refractivity contribution >= 4 is 5.91 Å². The minimum absolute atomic E-state index is 0.224. The Hall–Kier alpha value is -2.25. The molecule has 17 atom stereocenters. The van der Waals surface area contributed by atoms with Gasteiger partial charge in [-0.2, -0.15) is 0 Å². The molecular formula is C49H85NO18. The molecule has 1 amide bonds. The van der Waals surface area contributed by atoms with Gasteiger partial charge in [0.15, 0.2) is 18.9 Å². The van der Waals surface area contributed by atoms with E-state index in [9.17, 15) is 61.0 Å². The number of aliphatic hydroxyl groups excluding tert-OH is 11. The Morgan fingerprint density at radius 2 is 0.985 bits per heavy atom. The second kappa shape index (κ2) is 34.2. The fourth-order valence-corrected chi connectivity index (χ4v) is 8.12. The van der Waals surface area contributed by atoms with E-state index in [1.807, 2.05) is 6.92 Å². The summed E-state index contributed by atoms with van der Waals surface area (Å²) in [6.45, 7) is 1.46. The standard InChI is InChI=1S/C49H85NO18/c1-3-5-7-9-10-11-12-13-14-15-16-17-18-19-20-21-22-23-25-27-37(55)50-32(33(54)26-24-8-6-4-2)31-63-47-43(61)40(58)45(35(29-52)65-47)68-49-44(62)41(59)46(36(30-53)66-49)67-48-42(60)39(57)38(56)34(28-51)64-48/h10-11,13-14,16-17,24,26,32-36,38-49,51-54,56-62H,3-9,12,15,18-23,25,27-31H2,1-2H3,(H,50,55)/b11-10-,14-13-,17-16-,26-24+. The number of ether oxygens (including phenoxy) is 6. The van der Waals surface area contributed by atoms with Crippen molar-refractivity contribution in [3.05, 3.63) is 48.6 Å². The first-order valence-corrected chi connectivity index (χ1v) is 24.9. The molecule has 0 spiro atoms. The molecular weight excluding hydrogens is 891 g/mol. The van der Waals surface area contributed by atoms with Crippen LogP contribution in [0, 0.1) is 0 Å². The lowest BCUT2D eigenvalue weighted by Crippen LogP contribution is -2.66. The van der Waals surface area contributed by atoms with Gasteiger partial charge in [-0.05, 0) is 51.4 Å². The van der Waals surface area contributed by atoms with E-state index in [0.29, 0.717) is 12.8 Å². The molecule has 0 saturated carbocycles. The molecule has 3 heterocycles. The van der Waals surface area contributed by atoms with E-state index < -0.39 is 124 Å². The largest absolute Gasteiger partial charge is 0.394 e. The lowest BCUT2D eigenvalue weighted by Gasteiger charge is -2.48. The summed E-state index contributed by atoms with van der Waals surface area (Å²) in [6, 6.07) is -0.976. The Balaban J connectivity index is 1.47. The highest BCUT2D eigenvalue weighted by Crippen LogP contribution is 2.33. The van der Waals surface area contributed by atoms with Crippen LogP contribution in [0.5, 0.6) is 0 Å². The number of nitrogens with one attached hydrogen (secondary N) is 1. The lowest BCUT2D eigenvalue weighted by molar-refractivity contribution is -0.379. The predicted octanol–water partition coefficient (Wildman–Crippen LogP) is 1.19. The van der Waals surface area contributed by atoms with Crippen molar-refractivity contribution in [2.45, 2.75) is 227 Å². The van der Waals surface area contributed by atoms with Gasteiger partial charge in [-0.15, -0.1) is 0 Å². The first kappa shape index (κ1) is 60.1. The summed E-state index contributed by atoms with van der Waals surface area (Å²) in [6.07, 6.45) is 6.35. The van der Waals surface area contributed by atoms with Crippen LogP contribution in [0.15, 0.2) is 48.6 Å². The van der Waals surface area contributed by atoms with Crippen molar-refractivity contribution in [2.24, 2.45) is 0 Å². The van der Waals surface area contributed by atoms with Gasteiger partial charge < -0.3 is 89.9 Å². The average molecular weight is 976 g/mol. The molecule has 68 heavy (non-hydrogen) atoms. The van der Waals surface area contributed by atoms with Crippen LogP contribution in [0.3, 0.4) is 0 Å². The maximum Gasteiger partial charge on any atom is 0.220 e. The summed E-state index contributed by atoms with van der Waals surface area (Å²) >= 11 is 0. The molecule has 0 aromatic rings. The second-order valence-electron chi connectivity index (χ2n) is 17.9. The smallest absolute Gasteiger partial charge is 0.220 e. The Morgan fingerprint density at radius 1 is 0.529 bits per heavy atom. The van der Waals surface area contributed by atoms with Crippen LogP contribution in [0.4, 0.5) is 0 Å². The van der Waals surface area contributed by atoms with E-state index in [1.54, 1.807) is 12.2 Å². The molecule has 0 bridgehead atoms. The third-order valence-corrected chi connectivity index (χ3v) is 12.4. The minimum atomic E-state index is -1.98. The lowest BCUT2D eigenvalue weighted by atomic mass is 9.96. The average Bonchev–Trinajstić information content (AvgIpc) is 3.33. The van der Waals surface area contributed by atoms with Crippen LogP contribution in [0.25, 0.3) is 0 Å². The van der Waals surface area contributed by atoms with E-state index in [-0.39, 0.29) is 18.9 Å². The van der Waals surface area contributed by atoms with Gasteiger partial charge >= 0.3 is 0 Å². The number of hydrogen-bond acceptors (Lipinski definition) is 18. The summed E-state index contributed by atoms with van der Waals surface area (Å²) in [5, 5.41) is 119. The van der Waals surface area contributed by atoms with Gasteiger partial charge in [-0.1, -0.05) is 114 Å². The van der Waals surface area contributed by atoms with Crippen LogP contribution in [0.2, 0.25) is 0 Å². The topological polar surface area (TPSA) is 307 Å². The molecule has 3 saturated heterocycles. The van der Waals surface area contributed by atoms with E-state index in [1.165, 1.54) is 19.3 Å². The molecule has 0 aliphatic carbocycles. The molecule has 17 unspecified atom stereocenters. The Bertz CT molecular complexity index is 1450. The van der Waals surface area contributed by atoms with Crippen LogP contribution in [0.1, 0.15) is 123 Å². The Kier molecular flexibility index (Phi) is 30.2. The molecule has 3 fully saturated rings. The van der Waals surface area contributed by atoms with Gasteiger partial charge in [0.05, 0.1) is 38.6 Å². The van der Waals surface area contributed by atoms with Gasteiger partial charge in [0.25, 0.3) is 0 Å². The number of aliphatic hydroxyl groups is 11. The third-order valence-electron chi connectivity index (χ3n) is 12.4. The molecule has 3 aliphatic rings.